The third-order valence-electron chi connectivity index (χ3n) is 6.26. The van der Waals surface area contributed by atoms with Crippen LogP contribution >= 0.6 is 0 Å². The van der Waals surface area contributed by atoms with E-state index in [9.17, 15) is 9.59 Å². The largest absolute Gasteiger partial charge is 0.497 e. The molecule has 0 aliphatic rings. The van der Waals surface area contributed by atoms with E-state index in [1.165, 1.54) is 0 Å². The average molecular weight is 473 g/mol. The van der Waals surface area contributed by atoms with Gasteiger partial charge in [0.1, 0.15) is 11.4 Å². The van der Waals surface area contributed by atoms with Crippen LogP contribution in [-0.2, 0) is 17.8 Å². The minimum atomic E-state index is -0.157. The van der Waals surface area contributed by atoms with Gasteiger partial charge in [0.15, 0.2) is 5.78 Å². The Bertz CT molecular complexity index is 1340. The van der Waals surface area contributed by atoms with Gasteiger partial charge in [-0.2, -0.15) is 0 Å². The number of rotatable bonds is 11. The highest BCUT2D eigenvalue weighted by atomic mass is 16.5. The topological polar surface area (TPSA) is 110 Å². The minimum Gasteiger partial charge on any atom is -0.497 e. The van der Waals surface area contributed by atoms with Crippen molar-refractivity contribution in [2.75, 3.05) is 12.8 Å². The number of methoxy groups -OCH3 is 1. The van der Waals surface area contributed by atoms with Gasteiger partial charge < -0.3 is 20.8 Å². The highest BCUT2D eigenvalue weighted by Gasteiger charge is 2.14. The van der Waals surface area contributed by atoms with Crippen LogP contribution in [0, 0.1) is 0 Å². The summed E-state index contributed by atoms with van der Waals surface area (Å²) in [4.78, 5) is 33.2. The zero-order chi connectivity index (χ0) is 24.8. The summed E-state index contributed by atoms with van der Waals surface area (Å²) in [5, 5.41) is 4.68. The van der Waals surface area contributed by atoms with E-state index in [0.29, 0.717) is 17.8 Å². The Morgan fingerprint density at radius 3 is 2.57 bits per heavy atom. The number of nitrogen functional groups attached to an aromatic ring is 1. The number of H-pyrrole nitrogens is 1. The van der Waals surface area contributed by atoms with Gasteiger partial charge in [0.2, 0.25) is 5.91 Å². The van der Waals surface area contributed by atoms with E-state index in [1.54, 1.807) is 13.2 Å². The Morgan fingerprint density at radius 1 is 1.03 bits per heavy atom. The predicted molar refractivity (Wildman–Crippen MR) is 140 cm³/mol. The van der Waals surface area contributed by atoms with Crippen molar-refractivity contribution in [1.29, 1.82) is 0 Å². The first-order valence-electron chi connectivity index (χ1n) is 12.1. The number of unbranched alkanes of at least 4 members (excludes halogenated alkanes) is 2. The molecule has 0 bridgehead atoms. The summed E-state index contributed by atoms with van der Waals surface area (Å²) in [5.41, 5.74) is 11.1. The van der Waals surface area contributed by atoms with E-state index in [0.717, 1.165) is 64.6 Å². The summed E-state index contributed by atoms with van der Waals surface area (Å²) >= 11 is 0. The van der Waals surface area contributed by atoms with Gasteiger partial charge >= 0.3 is 0 Å². The van der Waals surface area contributed by atoms with Crippen LogP contribution in [0.3, 0.4) is 0 Å². The van der Waals surface area contributed by atoms with E-state index < -0.39 is 0 Å². The number of ketones is 1. The molecule has 0 saturated carbocycles. The number of hydrogen-bond acceptors (Lipinski definition) is 5. The fraction of sp³-hybridized carbons (Fsp3) is 0.321. The number of pyridine rings is 1. The molecule has 0 spiro atoms. The molecule has 1 amide bonds. The summed E-state index contributed by atoms with van der Waals surface area (Å²) in [5.74, 6) is 0.539. The van der Waals surface area contributed by atoms with Crippen molar-refractivity contribution in [2.45, 2.75) is 52.0 Å². The third-order valence-corrected chi connectivity index (χ3v) is 6.26. The fourth-order valence-electron chi connectivity index (χ4n) is 4.19. The third kappa shape index (κ3) is 5.80. The van der Waals surface area contributed by atoms with Gasteiger partial charge in [0.05, 0.1) is 18.5 Å². The van der Waals surface area contributed by atoms with Crippen LogP contribution in [0.5, 0.6) is 5.75 Å². The molecule has 0 radical (unpaired) electrons. The van der Waals surface area contributed by atoms with Gasteiger partial charge in [-0.3, -0.25) is 9.59 Å². The Kier molecular flexibility index (Phi) is 7.65. The second kappa shape index (κ2) is 11.0. The number of carbonyl (C=O) groups is 2. The van der Waals surface area contributed by atoms with E-state index in [-0.39, 0.29) is 24.5 Å². The summed E-state index contributed by atoms with van der Waals surface area (Å²) in [6, 6.07) is 15.0. The molecule has 7 heteroatoms. The van der Waals surface area contributed by atoms with Crippen molar-refractivity contribution in [3.8, 4) is 5.75 Å². The lowest BCUT2D eigenvalue weighted by Crippen LogP contribution is -2.23. The zero-order valence-electron chi connectivity index (χ0n) is 20.3. The second-order valence-electron chi connectivity index (χ2n) is 8.81. The maximum atomic E-state index is 12.8. The van der Waals surface area contributed by atoms with Crippen LogP contribution < -0.4 is 15.8 Å². The summed E-state index contributed by atoms with van der Waals surface area (Å²) < 4.78 is 5.14. The minimum absolute atomic E-state index is 0.0713. The highest BCUT2D eigenvalue weighted by molar-refractivity contribution is 6.10. The highest BCUT2D eigenvalue weighted by Crippen LogP contribution is 2.29. The number of fused-ring (bicyclic) bond motifs is 3. The number of anilines is 1. The standard InChI is InChI=1S/C28H32N4O3/c1-3-4-5-6-25-23(29)16-22-21-15-19(9-12-24(21)31-28(22)32-25)26(33)13-14-27(34)30-17-18-7-10-20(35-2)11-8-18/h7-12,15-16H,3-6,13-14,17,29H2,1-2H3,(H,30,34)(H,31,32). The number of amides is 1. The molecule has 2 aromatic heterocycles. The smallest absolute Gasteiger partial charge is 0.220 e. The molecular weight excluding hydrogens is 440 g/mol. The number of nitrogens with one attached hydrogen (secondary N) is 2. The molecule has 0 aliphatic carbocycles. The molecular formula is C28H32N4O3. The number of aryl methyl sites for hydroxylation is 1. The van der Waals surface area contributed by atoms with E-state index in [1.807, 2.05) is 42.5 Å². The molecule has 4 aromatic rings. The monoisotopic (exact) mass is 472 g/mol. The van der Waals surface area contributed by atoms with Gasteiger partial charge in [-0.25, -0.2) is 4.98 Å². The zero-order valence-corrected chi connectivity index (χ0v) is 20.3. The van der Waals surface area contributed by atoms with Crippen molar-refractivity contribution in [1.82, 2.24) is 15.3 Å². The molecule has 35 heavy (non-hydrogen) atoms. The van der Waals surface area contributed by atoms with Crippen molar-refractivity contribution >= 4 is 39.3 Å². The molecule has 7 nitrogen and oxygen atoms in total. The van der Waals surface area contributed by atoms with E-state index in [4.69, 9.17) is 15.5 Å². The Balaban J connectivity index is 1.40. The molecule has 0 fully saturated rings. The number of aromatic nitrogens is 2. The molecule has 0 atom stereocenters. The summed E-state index contributed by atoms with van der Waals surface area (Å²) in [6.07, 6.45) is 4.49. The van der Waals surface area contributed by atoms with Crippen LogP contribution in [0.25, 0.3) is 21.9 Å². The summed E-state index contributed by atoms with van der Waals surface area (Å²) in [6.45, 7) is 2.58. The number of carbonyl (C=O) groups excluding carboxylic acids is 2. The molecule has 2 aromatic carbocycles. The SMILES string of the molecule is CCCCCc1nc2[nH]c3ccc(C(=O)CCC(=O)NCc4ccc(OC)cc4)cc3c2cc1N. The van der Waals surface area contributed by atoms with Crippen molar-refractivity contribution in [3.05, 3.63) is 65.4 Å². The van der Waals surface area contributed by atoms with Gasteiger partial charge in [0, 0.05) is 41.2 Å². The van der Waals surface area contributed by atoms with Crippen molar-refractivity contribution in [3.63, 3.8) is 0 Å². The second-order valence-corrected chi connectivity index (χ2v) is 8.81. The van der Waals surface area contributed by atoms with Crippen molar-refractivity contribution < 1.29 is 14.3 Å². The Hall–Kier alpha value is -3.87. The first kappa shape index (κ1) is 24.3. The first-order chi connectivity index (χ1) is 17.0. The van der Waals surface area contributed by atoms with Crippen LogP contribution in [-0.4, -0.2) is 28.8 Å². The van der Waals surface area contributed by atoms with E-state index >= 15 is 0 Å². The van der Waals surface area contributed by atoms with Gasteiger partial charge in [-0.05, 0) is 54.8 Å². The lowest BCUT2D eigenvalue weighted by Gasteiger charge is -2.07. The van der Waals surface area contributed by atoms with E-state index in [2.05, 4.69) is 17.2 Å². The number of aromatic amines is 1. The number of ether oxygens (including phenoxy) is 1. The number of Topliss-reactive ketones (excluding diaryl/α,β-unsaturated/α-hetero) is 1. The normalized spacial score (nSPS) is 11.1. The molecule has 0 aliphatic heterocycles. The number of hydrogen-bond donors (Lipinski definition) is 3. The first-order valence-corrected chi connectivity index (χ1v) is 12.1. The van der Waals surface area contributed by atoms with Crippen LogP contribution in [0.4, 0.5) is 5.69 Å². The molecule has 2 heterocycles. The van der Waals surface area contributed by atoms with Crippen LogP contribution in [0.15, 0.2) is 48.5 Å². The lowest BCUT2D eigenvalue weighted by molar-refractivity contribution is -0.121. The summed E-state index contributed by atoms with van der Waals surface area (Å²) in [7, 11) is 1.61. The van der Waals surface area contributed by atoms with Crippen molar-refractivity contribution in [2.24, 2.45) is 0 Å². The van der Waals surface area contributed by atoms with Gasteiger partial charge in [-0.15, -0.1) is 0 Å². The fourth-order valence-corrected chi connectivity index (χ4v) is 4.19. The Labute approximate surface area is 205 Å². The van der Waals surface area contributed by atoms with Gasteiger partial charge in [0.25, 0.3) is 0 Å². The van der Waals surface area contributed by atoms with Crippen LogP contribution in [0.1, 0.15) is 60.6 Å². The number of benzene rings is 2. The lowest BCUT2D eigenvalue weighted by atomic mass is 10.0. The average Bonchev–Trinajstić information content (AvgIpc) is 3.23. The molecule has 0 saturated heterocycles. The molecule has 4 rings (SSSR count). The molecule has 182 valence electrons. The predicted octanol–water partition coefficient (Wildman–Crippen LogP) is 5.32. The molecule has 0 unspecified atom stereocenters. The quantitative estimate of drug-likeness (QED) is 0.202. The number of nitrogens with two attached hydrogens (primary N) is 1. The Morgan fingerprint density at radius 2 is 1.83 bits per heavy atom. The molecule has 4 N–H and O–H groups in total. The van der Waals surface area contributed by atoms with Crippen LogP contribution in [0.2, 0.25) is 0 Å². The maximum absolute atomic E-state index is 12.8. The van der Waals surface area contributed by atoms with Gasteiger partial charge in [-0.1, -0.05) is 31.9 Å². The maximum Gasteiger partial charge on any atom is 0.220 e. The number of nitrogens with zero attached hydrogens (tertiary/aromatic N) is 1.